The van der Waals surface area contributed by atoms with Gasteiger partial charge in [-0.05, 0) is 33.6 Å². The molecule has 1 N–H and O–H groups in total. The molecule has 110 valence electrons. The molecule has 1 aromatic heterocycles. The summed E-state index contributed by atoms with van der Waals surface area (Å²) in [5.74, 6) is 3.57. The molecule has 1 saturated heterocycles. The zero-order valence-corrected chi connectivity index (χ0v) is 12.6. The zero-order chi connectivity index (χ0) is 14.1. The van der Waals surface area contributed by atoms with Crippen molar-refractivity contribution in [1.82, 2.24) is 9.97 Å². The Labute approximate surface area is 120 Å². The molecular weight excluding hydrogens is 252 g/mol. The molecule has 1 aromatic rings. The maximum atomic E-state index is 5.80. The van der Waals surface area contributed by atoms with Crippen LogP contribution in [0.5, 0.6) is 0 Å². The van der Waals surface area contributed by atoms with E-state index in [2.05, 4.69) is 42.0 Å². The predicted octanol–water partition coefficient (Wildman–Crippen LogP) is 2.40. The van der Waals surface area contributed by atoms with Crippen LogP contribution in [0.1, 0.15) is 45.4 Å². The Balaban J connectivity index is 1.86. The molecule has 0 unspecified atom stereocenters. The van der Waals surface area contributed by atoms with E-state index in [1.54, 1.807) is 0 Å². The minimum absolute atomic E-state index is 0.251. The first-order chi connectivity index (χ1) is 9.65. The number of rotatable bonds is 4. The number of anilines is 2. The SMILES string of the molecule is CCNc1cc(N2C[C@@H](C)O[C@@H](C)C2)nc(C2CC2)n1. The molecule has 0 radical (unpaired) electrons. The van der Waals surface area contributed by atoms with Crippen LogP contribution >= 0.6 is 0 Å². The smallest absolute Gasteiger partial charge is 0.136 e. The Kier molecular flexibility index (Phi) is 3.78. The lowest BCUT2D eigenvalue weighted by atomic mass is 10.2. The molecule has 3 rings (SSSR count). The third-order valence-corrected chi connectivity index (χ3v) is 3.77. The number of ether oxygens (including phenoxy) is 1. The average Bonchev–Trinajstić information content (AvgIpc) is 3.22. The van der Waals surface area contributed by atoms with Gasteiger partial charge in [0, 0.05) is 31.6 Å². The summed E-state index contributed by atoms with van der Waals surface area (Å²) in [4.78, 5) is 11.8. The van der Waals surface area contributed by atoms with Gasteiger partial charge in [0.05, 0.1) is 12.2 Å². The van der Waals surface area contributed by atoms with E-state index < -0.39 is 0 Å². The fourth-order valence-electron chi connectivity index (χ4n) is 2.78. The van der Waals surface area contributed by atoms with Crippen molar-refractivity contribution < 1.29 is 4.74 Å². The summed E-state index contributed by atoms with van der Waals surface area (Å²) in [5.41, 5.74) is 0. The molecule has 20 heavy (non-hydrogen) atoms. The molecule has 5 heteroatoms. The number of morpholine rings is 1. The van der Waals surface area contributed by atoms with Gasteiger partial charge in [0.2, 0.25) is 0 Å². The molecule has 0 aromatic carbocycles. The van der Waals surface area contributed by atoms with Crippen LogP contribution in [0, 0.1) is 0 Å². The van der Waals surface area contributed by atoms with Crippen LogP contribution in [0.15, 0.2) is 6.07 Å². The van der Waals surface area contributed by atoms with Gasteiger partial charge in [-0.2, -0.15) is 0 Å². The maximum Gasteiger partial charge on any atom is 0.136 e. The molecule has 1 aliphatic heterocycles. The fraction of sp³-hybridized carbons (Fsp3) is 0.733. The lowest BCUT2D eigenvalue weighted by molar-refractivity contribution is -0.00547. The largest absolute Gasteiger partial charge is 0.372 e. The van der Waals surface area contributed by atoms with E-state index in [1.807, 2.05) is 0 Å². The van der Waals surface area contributed by atoms with Crippen molar-refractivity contribution in [2.24, 2.45) is 0 Å². The van der Waals surface area contributed by atoms with Gasteiger partial charge in [0.25, 0.3) is 0 Å². The maximum absolute atomic E-state index is 5.80. The average molecular weight is 276 g/mol. The lowest BCUT2D eigenvalue weighted by Crippen LogP contribution is -2.46. The third kappa shape index (κ3) is 3.03. The van der Waals surface area contributed by atoms with Crippen molar-refractivity contribution in [1.29, 1.82) is 0 Å². The highest BCUT2D eigenvalue weighted by Gasteiger charge is 2.29. The first-order valence-electron chi connectivity index (χ1n) is 7.69. The number of nitrogens with zero attached hydrogens (tertiary/aromatic N) is 3. The van der Waals surface area contributed by atoms with Crippen LogP contribution < -0.4 is 10.2 Å². The molecule has 2 fully saturated rings. The van der Waals surface area contributed by atoms with Crippen molar-refractivity contribution in [3.8, 4) is 0 Å². The Morgan fingerprint density at radius 1 is 1.25 bits per heavy atom. The molecule has 0 spiro atoms. The second-order valence-corrected chi connectivity index (χ2v) is 5.94. The van der Waals surface area contributed by atoms with Gasteiger partial charge in [0.15, 0.2) is 0 Å². The first-order valence-corrected chi connectivity index (χ1v) is 7.69. The molecule has 1 aliphatic carbocycles. The number of nitrogens with one attached hydrogen (secondary N) is 1. The highest BCUT2D eigenvalue weighted by Crippen LogP contribution is 2.39. The summed E-state index contributed by atoms with van der Waals surface area (Å²) in [7, 11) is 0. The van der Waals surface area contributed by atoms with Gasteiger partial charge in [0.1, 0.15) is 17.5 Å². The quantitative estimate of drug-likeness (QED) is 0.915. The van der Waals surface area contributed by atoms with Crippen molar-refractivity contribution in [3.05, 3.63) is 11.9 Å². The van der Waals surface area contributed by atoms with Gasteiger partial charge in [-0.15, -0.1) is 0 Å². The molecule has 0 amide bonds. The Bertz CT molecular complexity index is 465. The van der Waals surface area contributed by atoms with E-state index >= 15 is 0 Å². The zero-order valence-electron chi connectivity index (χ0n) is 12.6. The van der Waals surface area contributed by atoms with E-state index in [1.165, 1.54) is 12.8 Å². The summed E-state index contributed by atoms with van der Waals surface area (Å²) in [6.07, 6.45) is 2.96. The first kappa shape index (κ1) is 13.6. The highest BCUT2D eigenvalue weighted by atomic mass is 16.5. The van der Waals surface area contributed by atoms with Crippen LogP contribution in [-0.2, 0) is 4.74 Å². The molecule has 2 heterocycles. The van der Waals surface area contributed by atoms with Gasteiger partial charge in [-0.1, -0.05) is 0 Å². The summed E-state index contributed by atoms with van der Waals surface area (Å²) in [6.45, 7) is 9.02. The topological polar surface area (TPSA) is 50.3 Å². The van der Waals surface area contributed by atoms with Gasteiger partial charge >= 0.3 is 0 Å². The Morgan fingerprint density at radius 2 is 1.95 bits per heavy atom. The second kappa shape index (κ2) is 5.56. The number of aromatic nitrogens is 2. The summed E-state index contributed by atoms with van der Waals surface area (Å²) in [6, 6.07) is 2.07. The van der Waals surface area contributed by atoms with Crippen molar-refractivity contribution in [3.63, 3.8) is 0 Å². The number of hydrogen-bond donors (Lipinski definition) is 1. The third-order valence-electron chi connectivity index (χ3n) is 3.77. The van der Waals surface area contributed by atoms with Crippen LogP contribution in [0.4, 0.5) is 11.6 Å². The van der Waals surface area contributed by atoms with E-state index in [0.29, 0.717) is 5.92 Å². The predicted molar refractivity (Wildman–Crippen MR) is 80.4 cm³/mol. The monoisotopic (exact) mass is 276 g/mol. The summed E-state index contributed by atoms with van der Waals surface area (Å²) < 4.78 is 5.80. The van der Waals surface area contributed by atoms with Crippen LogP contribution in [0.25, 0.3) is 0 Å². The minimum atomic E-state index is 0.251. The molecule has 2 atom stereocenters. The van der Waals surface area contributed by atoms with E-state index in [9.17, 15) is 0 Å². The molecular formula is C15H24N4O. The Morgan fingerprint density at radius 3 is 2.55 bits per heavy atom. The van der Waals surface area contributed by atoms with E-state index in [4.69, 9.17) is 9.72 Å². The fourth-order valence-corrected chi connectivity index (χ4v) is 2.78. The standard InChI is InChI=1S/C15H24N4O/c1-4-16-13-7-14(18-15(17-13)12-5-6-12)19-8-10(2)20-11(3)9-19/h7,10-12H,4-6,8-9H2,1-3H3,(H,16,17,18)/t10-,11+. The van der Waals surface area contributed by atoms with Crippen LogP contribution in [0.2, 0.25) is 0 Å². The number of hydrogen-bond acceptors (Lipinski definition) is 5. The van der Waals surface area contributed by atoms with E-state index in [0.717, 1.165) is 37.1 Å². The van der Waals surface area contributed by atoms with Crippen LogP contribution in [-0.4, -0.2) is 41.8 Å². The van der Waals surface area contributed by atoms with Gasteiger partial charge < -0.3 is 15.0 Å². The van der Waals surface area contributed by atoms with E-state index in [-0.39, 0.29) is 12.2 Å². The molecule has 5 nitrogen and oxygen atoms in total. The highest BCUT2D eigenvalue weighted by molar-refractivity contribution is 5.50. The Hall–Kier alpha value is -1.36. The molecule has 2 aliphatic rings. The van der Waals surface area contributed by atoms with Crippen LogP contribution in [0.3, 0.4) is 0 Å². The van der Waals surface area contributed by atoms with Gasteiger partial charge in [-0.25, -0.2) is 9.97 Å². The summed E-state index contributed by atoms with van der Waals surface area (Å²) in [5, 5.41) is 3.32. The summed E-state index contributed by atoms with van der Waals surface area (Å²) >= 11 is 0. The van der Waals surface area contributed by atoms with Crippen molar-refractivity contribution in [2.45, 2.75) is 51.7 Å². The lowest BCUT2D eigenvalue weighted by Gasteiger charge is -2.36. The second-order valence-electron chi connectivity index (χ2n) is 5.94. The van der Waals surface area contributed by atoms with Crippen molar-refractivity contribution >= 4 is 11.6 Å². The molecule has 1 saturated carbocycles. The van der Waals surface area contributed by atoms with Crippen molar-refractivity contribution in [2.75, 3.05) is 29.9 Å². The minimum Gasteiger partial charge on any atom is -0.372 e. The van der Waals surface area contributed by atoms with Gasteiger partial charge in [-0.3, -0.25) is 0 Å². The normalized spacial score (nSPS) is 26.6. The molecule has 0 bridgehead atoms.